The molecule has 0 aromatic heterocycles. The van der Waals surface area contributed by atoms with Crippen LogP contribution in [0, 0.1) is 5.82 Å². The second kappa shape index (κ2) is 4.63. The van der Waals surface area contributed by atoms with E-state index in [1.807, 2.05) is 0 Å². The third-order valence-corrected chi connectivity index (χ3v) is 3.29. The van der Waals surface area contributed by atoms with E-state index in [1.165, 1.54) is 6.07 Å². The van der Waals surface area contributed by atoms with Gasteiger partial charge in [-0.1, -0.05) is 12.2 Å². The standard InChI is InChI=1S/C10H13FN2O2S/c1-7(2)6-13-16(14,15)10-5-8(11)3-4-9(10)12/h3-5,13H,1,6,12H2,2H3. The molecule has 6 heteroatoms. The van der Waals surface area contributed by atoms with Crippen molar-refractivity contribution in [3.05, 3.63) is 36.2 Å². The molecule has 0 aliphatic heterocycles. The molecule has 0 aliphatic rings. The van der Waals surface area contributed by atoms with Crippen LogP contribution in [-0.2, 0) is 10.0 Å². The Morgan fingerprint density at radius 3 is 2.75 bits per heavy atom. The summed E-state index contributed by atoms with van der Waals surface area (Å²) in [5, 5.41) is 0. The lowest BCUT2D eigenvalue weighted by Crippen LogP contribution is -2.26. The van der Waals surface area contributed by atoms with Crippen molar-refractivity contribution in [3.63, 3.8) is 0 Å². The zero-order chi connectivity index (χ0) is 12.3. The Balaban J connectivity index is 3.07. The number of nitrogens with two attached hydrogens (primary N) is 1. The molecule has 0 spiro atoms. The van der Waals surface area contributed by atoms with Crippen LogP contribution in [0.2, 0.25) is 0 Å². The number of hydrogen-bond acceptors (Lipinski definition) is 3. The van der Waals surface area contributed by atoms with Crippen LogP contribution in [0.1, 0.15) is 6.92 Å². The highest BCUT2D eigenvalue weighted by atomic mass is 32.2. The van der Waals surface area contributed by atoms with Gasteiger partial charge in [0.25, 0.3) is 0 Å². The molecule has 3 N–H and O–H groups in total. The first kappa shape index (κ1) is 12.7. The molecule has 0 atom stereocenters. The molecular formula is C10H13FN2O2S. The molecule has 0 unspecified atom stereocenters. The van der Waals surface area contributed by atoms with Gasteiger partial charge in [0.15, 0.2) is 0 Å². The number of hydrogen-bond donors (Lipinski definition) is 2. The minimum Gasteiger partial charge on any atom is -0.398 e. The third kappa shape index (κ3) is 3.04. The predicted molar refractivity (Wildman–Crippen MR) is 60.8 cm³/mol. The molecule has 0 aliphatic carbocycles. The van der Waals surface area contributed by atoms with Crippen LogP contribution in [0.3, 0.4) is 0 Å². The topological polar surface area (TPSA) is 72.2 Å². The van der Waals surface area contributed by atoms with E-state index in [0.717, 1.165) is 12.1 Å². The van der Waals surface area contributed by atoms with Crippen LogP contribution in [0.4, 0.5) is 10.1 Å². The van der Waals surface area contributed by atoms with Crippen molar-refractivity contribution in [2.75, 3.05) is 12.3 Å². The van der Waals surface area contributed by atoms with Crippen LogP contribution in [0.15, 0.2) is 35.2 Å². The third-order valence-electron chi connectivity index (χ3n) is 1.83. The highest BCUT2D eigenvalue weighted by Gasteiger charge is 2.17. The summed E-state index contributed by atoms with van der Waals surface area (Å²) >= 11 is 0. The van der Waals surface area contributed by atoms with E-state index in [9.17, 15) is 12.8 Å². The molecule has 0 amide bonds. The molecule has 0 saturated carbocycles. The molecule has 0 saturated heterocycles. The summed E-state index contributed by atoms with van der Waals surface area (Å²) in [6, 6.07) is 3.20. The van der Waals surface area contributed by atoms with Crippen LogP contribution < -0.4 is 10.5 Å². The molecule has 88 valence electrons. The van der Waals surface area contributed by atoms with E-state index in [-0.39, 0.29) is 17.1 Å². The summed E-state index contributed by atoms with van der Waals surface area (Å²) in [7, 11) is -3.78. The number of nitrogens with one attached hydrogen (secondary N) is 1. The molecule has 1 aromatic rings. The van der Waals surface area contributed by atoms with Gasteiger partial charge in [-0.25, -0.2) is 17.5 Å². The lowest BCUT2D eigenvalue weighted by molar-refractivity contribution is 0.581. The number of anilines is 1. The van der Waals surface area contributed by atoms with Crippen molar-refractivity contribution in [3.8, 4) is 0 Å². The van der Waals surface area contributed by atoms with Crippen molar-refractivity contribution in [1.82, 2.24) is 4.72 Å². The van der Waals surface area contributed by atoms with E-state index >= 15 is 0 Å². The van der Waals surface area contributed by atoms with Crippen LogP contribution in [-0.4, -0.2) is 15.0 Å². The van der Waals surface area contributed by atoms with Crippen LogP contribution in [0.25, 0.3) is 0 Å². The first-order chi connectivity index (χ1) is 7.33. The van der Waals surface area contributed by atoms with Gasteiger partial charge >= 0.3 is 0 Å². The Hall–Kier alpha value is -1.40. The monoisotopic (exact) mass is 244 g/mol. The smallest absolute Gasteiger partial charge is 0.243 e. The van der Waals surface area contributed by atoms with Crippen molar-refractivity contribution in [2.45, 2.75) is 11.8 Å². The summed E-state index contributed by atoms with van der Waals surface area (Å²) in [6.07, 6.45) is 0. The molecule has 16 heavy (non-hydrogen) atoms. The lowest BCUT2D eigenvalue weighted by atomic mass is 10.3. The minimum atomic E-state index is -3.78. The number of nitrogen functional groups attached to an aromatic ring is 1. The average Bonchev–Trinajstić information content (AvgIpc) is 2.19. The molecule has 0 fully saturated rings. The van der Waals surface area contributed by atoms with Gasteiger partial charge in [-0.05, 0) is 25.1 Å². The SMILES string of the molecule is C=C(C)CNS(=O)(=O)c1cc(F)ccc1N. The summed E-state index contributed by atoms with van der Waals surface area (Å²) < 4.78 is 38.6. The molecular weight excluding hydrogens is 231 g/mol. The molecule has 0 bridgehead atoms. The van der Waals surface area contributed by atoms with Crippen molar-refractivity contribution in [2.24, 2.45) is 0 Å². The summed E-state index contributed by atoms with van der Waals surface area (Å²) in [5.74, 6) is -0.648. The zero-order valence-corrected chi connectivity index (χ0v) is 9.64. The number of benzene rings is 1. The van der Waals surface area contributed by atoms with E-state index in [0.29, 0.717) is 5.57 Å². The number of rotatable bonds is 4. The Bertz CT molecular complexity index is 512. The van der Waals surface area contributed by atoms with Crippen LogP contribution >= 0.6 is 0 Å². The maximum Gasteiger partial charge on any atom is 0.243 e. The highest BCUT2D eigenvalue weighted by Crippen LogP contribution is 2.18. The van der Waals surface area contributed by atoms with E-state index in [2.05, 4.69) is 11.3 Å². The largest absolute Gasteiger partial charge is 0.398 e. The van der Waals surface area contributed by atoms with Crippen molar-refractivity contribution in [1.29, 1.82) is 0 Å². The average molecular weight is 244 g/mol. The highest BCUT2D eigenvalue weighted by molar-refractivity contribution is 7.89. The molecule has 1 aromatic carbocycles. The second-order valence-corrected chi connectivity index (χ2v) is 5.20. The number of halogens is 1. The fourth-order valence-corrected chi connectivity index (χ4v) is 2.27. The van der Waals surface area contributed by atoms with Gasteiger partial charge in [0, 0.05) is 6.54 Å². The minimum absolute atomic E-state index is 0.00983. The predicted octanol–water partition coefficient (Wildman–Crippen LogP) is 1.26. The van der Waals surface area contributed by atoms with Gasteiger partial charge in [0.05, 0.1) is 5.69 Å². The summed E-state index contributed by atoms with van der Waals surface area (Å²) in [4.78, 5) is -0.256. The Labute approximate surface area is 94.0 Å². The second-order valence-electron chi connectivity index (χ2n) is 3.46. The molecule has 0 radical (unpaired) electrons. The lowest BCUT2D eigenvalue weighted by Gasteiger charge is -2.08. The summed E-state index contributed by atoms with van der Waals surface area (Å²) in [5.41, 5.74) is 6.13. The fourth-order valence-electron chi connectivity index (χ4n) is 1.04. The normalized spacial score (nSPS) is 11.4. The maximum atomic E-state index is 12.9. The maximum absolute atomic E-state index is 12.9. The molecule has 1 rings (SSSR count). The van der Waals surface area contributed by atoms with Crippen molar-refractivity contribution >= 4 is 15.7 Å². The van der Waals surface area contributed by atoms with E-state index < -0.39 is 15.8 Å². The quantitative estimate of drug-likeness (QED) is 0.618. The van der Waals surface area contributed by atoms with Gasteiger partial charge in [-0.2, -0.15) is 0 Å². The zero-order valence-electron chi connectivity index (χ0n) is 8.83. The Morgan fingerprint density at radius 2 is 2.19 bits per heavy atom. The Morgan fingerprint density at radius 1 is 1.56 bits per heavy atom. The fraction of sp³-hybridized carbons (Fsp3) is 0.200. The number of sulfonamides is 1. The van der Waals surface area contributed by atoms with Gasteiger partial charge in [0.2, 0.25) is 10.0 Å². The van der Waals surface area contributed by atoms with Crippen molar-refractivity contribution < 1.29 is 12.8 Å². The van der Waals surface area contributed by atoms with Gasteiger partial charge in [0.1, 0.15) is 10.7 Å². The van der Waals surface area contributed by atoms with E-state index in [1.54, 1.807) is 6.92 Å². The molecule has 0 heterocycles. The van der Waals surface area contributed by atoms with Gasteiger partial charge < -0.3 is 5.73 Å². The van der Waals surface area contributed by atoms with Gasteiger partial charge in [-0.3, -0.25) is 0 Å². The molecule has 4 nitrogen and oxygen atoms in total. The van der Waals surface area contributed by atoms with Crippen LogP contribution in [0.5, 0.6) is 0 Å². The van der Waals surface area contributed by atoms with E-state index in [4.69, 9.17) is 5.73 Å². The Kier molecular flexibility index (Phi) is 3.66. The first-order valence-electron chi connectivity index (χ1n) is 4.52. The first-order valence-corrected chi connectivity index (χ1v) is 6.00. The van der Waals surface area contributed by atoms with Gasteiger partial charge in [-0.15, -0.1) is 0 Å². The summed E-state index contributed by atoms with van der Waals surface area (Å²) in [6.45, 7) is 5.33.